The van der Waals surface area contributed by atoms with Crippen molar-refractivity contribution in [3.05, 3.63) is 39.2 Å². The fourth-order valence-electron chi connectivity index (χ4n) is 3.74. The number of halogens is 1. The summed E-state index contributed by atoms with van der Waals surface area (Å²) in [5, 5.41) is 16.2. The molecule has 1 aromatic heterocycles. The number of carboxylic acids is 1. The summed E-state index contributed by atoms with van der Waals surface area (Å²) < 4.78 is 1.04. The Bertz CT molecular complexity index is 977. The van der Waals surface area contributed by atoms with Crippen LogP contribution in [0.1, 0.15) is 25.0 Å². The van der Waals surface area contributed by atoms with Crippen LogP contribution in [0.4, 0.5) is 16.4 Å². The molecule has 1 aromatic carbocycles. The molecule has 8 heteroatoms. The summed E-state index contributed by atoms with van der Waals surface area (Å²) in [5.74, 6) is 0.222. The second-order valence-corrected chi connectivity index (χ2v) is 10.1. The number of aliphatic carboxylic acids is 1. The van der Waals surface area contributed by atoms with E-state index in [9.17, 15) is 9.90 Å². The molecule has 0 aliphatic carbocycles. The van der Waals surface area contributed by atoms with E-state index in [1.807, 2.05) is 0 Å². The highest BCUT2D eigenvalue weighted by molar-refractivity contribution is 9.10. The van der Waals surface area contributed by atoms with Crippen molar-refractivity contribution >= 4 is 55.4 Å². The fourth-order valence-corrected chi connectivity index (χ4v) is 5.36. The number of hydrogen-bond donors (Lipinski definition) is 2. The first-order chi connectivity index (χ1) is 13.7. The Labute approximate surface area is 183 Å². The van der Waals surface area contributed by atoms with Crippen LogP contribution >= 0.6 is 27.3 Å². The molecular weight excluding hydrogens is 452 g/mol. The zero-order valence-electron chi connectivity index (χ0n) is 16.8. The molecule has 0 radical (unpaired) electrons. The van der Waals surface area contributed by atoms with Gasteiger partial charge in [-0.05, 0) is 54.4 Å². The largest absolute Gasteiger partial charge is 0.481 e. The van der Waals surface area contributed by atoms with Gasteiger partial charge in [0.25, 0.3) is 0 Å². The third-order valence-corrected chi connectivity index (χ3v) is 7.29. The minimum Gasteiger partial charge on any atom is -0.481 e. The van der Waals surface area contributed by atoms with Gasteiger partial charge < -0.3 is 15.3 Å². The summed E-state index contributed by atoms with van der Waals surface area (Å²) in [5.41, 5.74) is 3.50. The van der Waals surface area contributed by atoms with Gasteiger partial charge in [0.15, 0.2) is 0 Å². The van der Waals surface area contributed by atoms with Crippen LogP contribution in [0.5, 0.6) is 0 Å². The van der Waals surface area contributed by atoms with E-state index in [0.29, 0.717) is 6.54 Å². The molecule has 2 N–H and O–H groups in total. The summed E-state index contributed by atoms with van der Waals surface area (Å²) in [6, 6.07) is 6.29. The molecule has 1 fully saturated rings. The molecular formula is C21H25BrN4O2S. The van der Waals surface area contributed by atoms with E-state index in [1.54, 1.807) is 25.2 Å². The lowest BCUT2D eigenvalue weighted by Crippen LogP contribution is -2.52. The Balaban J connectivity index is 1.60. The number of anilines is 2. The normalized spacial score (nSPS) is 17.1. The highest BCUT2D eigenvalue weighted by atomic mass is 79.9. The van der Waals surface area contributed by atoms with E-state index >= 15 is 0 Å². The molecule has 0 saturated carbocycles. The molecule has 2 aromatic rings. The number of fused-ring (bicyclic) bond motifs is 2. The second-order valence-electron chi connectivity index (χ2n) is 8.32. The van der Waals surface area contributed by atoms with Crippen molar-refractivity contribution in [3.63, 3.8) is 0 Å². The smallest absolute Gasteiger partial charge is 0.310 e. The van der Waals surface area contributed by atoms with Crippen LogP contribution in [0.15, 0.2) is 33.0 Å². The molecule has 0 unspecified atom stereocenters. The number of rotatable bonds is 3. The zero-order valence-corrected chi connectivity index (χ0v) is 19.2. The SMILES string of the molecule is Cc1ccc2c(c1)N=C(N1CCN(CC(C)(C)C(=O)O)CC1)c1c(Br)csc1N2. The minimum absolute atomic E-state index is 0.555. The Morgan fingerprint density at radius 2 is 2.03 bits per heavy atom. The number of aliphatic imine (C=N–C) groups is 1. The molecule has 0 atom stereocenters. The van der Waals surface area contributed by atoms with E-state index in [1.165, 1.54) is 5.56 Å². The van der Waals surface area contributed by atoms with Gasteiger partial charge in [-0.25, -0.2) is 4.99 Å². The number of hydrogen-bond acceptors (Lipinski definition) is 6. The first-order valence-electron chi connectivity index (χ1n) is 9.69. The number of nitrogens with one attached hydrogen (secondary N) is 1. The van der Waals surface area contributed by atoms with Crippen LogP contribution in [0, 0.1) is 12.3 Å². The number of aryl methyl sites for hydroxylation is 1. The van der Waals surface area contributed by atoms with Gasteiger partial charge in [-0.3, -0.25) is 9.69 Å². The lowest BCUT2D eigenvalue weighted by atomic mass is 9.93. The summed E-state index contributed by atoms with van der Waals surface area (Å²) >= 11 is 5.38. The maximum absolute atomic E-state index is 11.5. The van der Waals surface area contributed by atoms with Gasteiger partial charge in [0.05, 0.1) is 22.4 Å². The minimum atomic E-state index is -0.752. The summed E-state index contributed by atoms with van der Waals surface area (Å²) in [7, 11) is 0. The van der Waals surface area contributed by atoms with Gasteiger partial charge in [-0.15, -0.1) is 11.3 Å². The average Bonchev–Trinajstić information content (AvgIpc) is 2.93. The highest BCUT2D eigenvalue weighted by Crippen LogP contribution is 2.41. The van der Waals surface area contributed by atoms with Crippen molar-refractivity contribution in [2.45, 2.75) is 20.8 Å². The Hall–Kier alpha value is -1.90. The number of thiophene rings is 1. The molecule has 0 bridgehead atoms. The van der Waals surface area contributed by atoms with Gasteiger partial charge in [-0.1, -0.05) is 6.07 Å². The van der Waals surface area contributed by atoms with E-state index in [2.05, 4.69) is 61.5 Å². The van der Waals surface area contributed by atoms with Crippen molar-refractivity contribution in [3.8, 4) is 0 Å². The van der Waals surface area contributed by atoms with Crippen LogP contribution in [0.2, 0.25) is 0 Å². The molecule has 154 valence electrons. The lowest BCUT2D eigenvalue weighted by Gasteiger charge is -2.38. The van der Waals surface area contributed by atoms with Crippen molar-refractivity contribution in [1.29, 1.82) is 0 Å². The second kappa shape index (κ2) is 7.74. The number of nitrogens with zero attached hydrogens (tertiary/aromatic N) is 3. The van der Waals surface area contributed by atoms with E-state index in [4.69, 9.17) is 4.99 Å². The van der Waals surface area contributed by atoms with Gasteiger partial charge >= 0.3 is 5.97 Å². The van der Waals surface area contributed by atoms with E-state index in [-0.39, 0.29) is 0 Å². The maximum atomic E-state index is 11.5. The first-order valence-corrected chi connectivity index (χ1v) is 11.4. The van der Waals surface area contributed by atoms with Crippen LogP contribution in [0.3, 0.4) is 0 Å². The summed E-state index contributed by atoms with van der Waals surface area (Å²) in [6.07, 6.45) is 0. The standard InChI is InChI=1S/C21H25BrN4O2S/c1-13-4-5-15-16(10-13)23-18(17-14(22)11-29-19(17)24-15)26-8-6-25(7-9-26)12-21(2,3)20(27)28/h4-5,10-11,24H,6-9,12H2,1-3H3,(H,27,28). The topological polar surface area (TPSA) is 68.2 Å². The number of piperazine rings is 1. The van der Waals surface area contributed by atoms with Gasteiger partial charge in [0.1, 0.15) is 10.8 Å². The highest BCUT2D eigenvalue weighted by Gasteiger charge is 2.33. The number of benzene rings is 1. The number of carbonyl (C=O) groups is 1. The molecule has 1 saturated heterocycles. The predicted molar refractivity (Wildman–Crippen MR) is 122 cm³/mol. The van der Waals surface area contributed by atoms with Crippen molar-refractivity contribution in [2.75, 3.05) is 38.0 Å². The summed E-state index contributed by atoms with van der Waals surface area (Å²) in [6.45, 7) is 9.48. The van der Waals surface area contributed by atoms with Gasteiger partial charge in [0, 0.05) is 42.6 Å². The molecule has 29 heavy (non-hydrogen) atoms. The predicted octanol–water partition coefficient (Wildman–Crippen LogP) is 4.68. The molecule has 6 nitrogen and oxygen atoms in total. The van der Waals surface area contributed by atoms with Crippen LogP contribution < -0.4 is 5.32 Å². The van der Waals surface area contributed by atoms with Crippen molar-refractivity contribution in [2.24, 2.45) is 10.4 Å². The van der Waals surface area contributed by atoms with Crippen molar-refractivity contribution in [1.82, 2.24) is 9.80 Å². The average molecular weight is 477 g/mol. The van der Waals surface area contributed by atoms with Gasteiger partial charge in [0.2, 0.25) is 0 Å². The number of amidine groups is 1. The molecule has 0 amide bonds. The monoisotopic (exact) mass is 476 g/mol. The Morgan fingerprint density at radius 1 is 1.31 bits per heavy atom. The summed E-state index contributed by atoms with van der Waals surface area (Å²) in [4.78, 5) is 21.1. The van der Waals surface area contributed by atoms with Gasteiger partial charge in [-0.2, -0.15) is 0 Å². The third-order valence-electron chi connectivity index (χ3n) is 5.47. The van der Waals surface area contributed by atoms with E-state index in [0.717, 1.165) is 58.4 Å². The quantitative estimate of drug-likeness (QED) is 0.672. The van der Waals surface area contributed by atoms with Crippen molar-refractivity contribution < 1.29 is 9.90 Å². The molecule has 3 heterocycles. The molecule has 2 aliphatic rings. The van der Waals surface area contributed by atoms with Crippen LogP contribution in [-0.4, -0.2) is 59.4 Å². The van der Waals surface area contributed by atoms with E-state index < -0.39 is 11.4 Å². The zero-order chi connectivity index (χ0) is 20.8. The van der Waals surface area contributed by atoms with Crippen LogP contribution in [0.25, 0.3) is 0 Å². The Morgan fingerprint density at radius 3 is 2.72 bits per heavy atom. The third kappa shape index (κ3) is 4.06. The molecule has 2 aliphatic heterocycles. The fraction of sp³-hybridized carbons (Fsp3) is 0.429. The van der Waals surface area contributed by atoms with Crippen LogP contribution in [-0.2, 0) is 4.79 Å². The molecule has 0 spiro atoms. The lowest BCUT2D eigenvalue weighted by molar-refractivity contribution is -0.148. The first kappa shape index (κ1) is 20.4. The number of carboxylic acid groups (broad SMARTS) is 1. The molecule has 4 rings (SSSR count). The Kier molecular flexibility index (Phi) is 5.44. The maximum Gasteiger partial charge on any atom is 0.310 e.